The molecule has 2 aromatic rings. The fourth-order valence-electron chi connectivity index (χ4n) is 2.88. The molecule has 0 unspecified atom stereocenters. The van der Waals surface area contributed by atoms with Gasteiger partial charge in [0, 0.05) is 12.1 Å². The van der Waals surface area contributed by atoms with Crippen molar-refractivity contribution in [2.75, 3.05) is 13.7 Å². The molecule has 2 rings (SSSR count). The molecule has 0 fully saturated rings. The fraction of sp³-hybridized carbons (Fsp3) is 0.364. The van der Waals surface area contributed by atoms with Gasteiger partial charge in [0.25, 0.3) is 5.91 Å². The number of hydrogen-bond acceptors (Lipinski definition) is 3. The zero-order valence-corrected chi connectivity index (χ0v) is 16.4. The molecule has 0 aliphatic carbocycles. The lowest BCUT2D eigenvalue weighted by Crippen LogP contribution is -2.50. The molecule has 1 atom stereocenters. The van der Waals surface area contributed by atoms with Gasteiger partial charge in [0.1, 0.15) is 11.8 Å². The lowest BCUT2D eigenvalue weighted by atomic mass is 10.0. The molecule has 0 saturated heterocycles. The zero-order valence-electron chi connectivity index (χ0n) is 16.4. The van der Waals surface area contributed by atoms with E-state index in [4.69, 9.17) is 4.74 Å². The van der Waals surface area contributed by atoms with Crippen LogP contribution in [0.1, 0.15) is 35.3 Å². The van der Waals surface area contributed by atoms with Crippen LogP contribution in [0.2, 0.25) is 0 Å². The Morgan fingerprint density at radius 2 is 1.78 bits per heavy atom. The summed E-state index contributed by atoms with van der Waals surface area (Å²) in [5, 5.41) is 5.77. The highest BCUT2D eigenvalue weighted by Crippen LogP contribution is 2.19. The molecule has 144 valence electrons. The second-order valence-electron chi connectivity index (χ2n) is 6.92. The minimum atomic E-state index is -0.586. The molecule has 0 saturated carbocycles. The molecule has 0 spiro atoms. The summed E-state index contributed by atoms with van der Waals surface area (Å²) in [6.07, 6.45) is 0.661. The van der Waals surface area contributed by atoms with Crippen molar-refractivity contribution in [3.63, 3.8) is 0 Å². The third-order valence-corrected chi connectivity index (χ3v) is 4.40. The molecule has 2 N–H and O–H groups in total. The first-order valence-corrected chi connectivity index (χ1v) is 9.19. The van der Waals surface area contributed by atoms with E-state index < -0.39 is 6.04 Å². The van der Waals surface area contributed by atoms with E-state index in [1.165, 1.54) is 0 Å². The number of nitrogens with one attached hydrogen (secondary N) is 2. The Kier molecular flexibility index (Phi) is 7.41. The van der Waals surface area contributed by atoms with Crippen molar-refractivity contribution in [2.45, 2.75) is 33.2 Å². The van der Waals surface area contributed by atoms with Crippen LogP contribution in [0.5, 0.6) is 5.75 Å². The molecule has 5 nitrogen and oxygen atoms in total. The molecular formula is C22H28N2O3. The summed E-state index contributed by atoms with van der Waals surface area (Å²) in [4.78, 5) is 25.0. The lowest BCUT2D eigenvalue weighted by Gasteiger charge is -2.22. The number of carbonyl (C=O) groups excluding carboxylic acids is 2. The van der Waals surface area contributed by atoms with Crippen LogP contribution in [0.25, 0.3) is 0 Å². The van der Waals surface area contributed by atoms with Gasteiger partial charge < -0.3 is 15.4 Å². The average Bonchev–Trinajstić information content (AvgIpc) is 2.66. The van der Waals surface area contributed by atoms with Gasteiger partial charge in [-0.15, -0.1) is 0 Å². The third-order valence-electron chi connectivity index (χ3n) is 4.40. The largest absolute Gasteiger partial charge is 0.496 e. The van der Waals surface area contributed by atoms with Gasteiger partial charge in [-0.3, -0.25) is 9.59 Å². The molecule has 0 aromatic heterocycles. The summed E-state index contributed by atoms with van der Waals surface area (Å²) in [7, 11) is 1.64. The normalized spacial score (nSPS) is 11.7. The Morgan fingerprint density at radius 1 is 1.07 bits per heavy atom. The number of amides is 2. The second-order valence-corrected chi connectivity index (χ2v) is 6.92. The molecule has 27 heavy (non-hydrogen) atoms. The van der Waals surface area contributed by atoms with Gasteiger partial charge in [0.15, 0.2) is 0 Å². The highest BCUT2D eigenvalue weighted by Gasteiger charge is 2.24. The van der Waals surface area contributed by atoms with Crippen LogP contribution in [0, 0.1) is 12.8 Å². The van der Waals surface area contributed by atoms with Crippen LogP contribution < -0.4 is 15.4 Å². The molecule has 0 aliphatic rings. The monoisotopic (exact) mass is 368 g/mol. The minimum Gasteiger partial charge on any atom is -0.496 e. The van der Waals surface area contributed by atoms with Crippen molar-refractivity contribution in [3.05, 3.63) is 65.2 Å². The smallest absolute Gasteiger partial charge is 0.251 e. The quantitative estimate of drug-likeness (QED) is 0.752. The first-order valence-electron chi connectivity index (χ1n) is 9.19. The van der Waals surface area contributed by atoms with Gasteiger partial charge in [-0.1, -0.05) is 49.7 Å². The Balaban J connectivity index is 1.95. The summed E-state index contributed by atoms with van der Waals surface area (Å²) in [6.45, 7) is 6.33. The maximum Gasteiger partial charge on any atom is 0.251 e. The zero-order chi connectivity index (χ0) is 19.8. The molecule has 2 amide bonds. The Bertz CT molecular complexity index is 772. The number of rotatable bonds is 8. The van der Waals surface area contributed by atoms with Crippen LogP contribution in [-0.4, -0.2) is 31.5 Å². The van der Waals surface area contributed by atoms with Crippen LogP contribution in [-0.2, 0) is 11.2 Å². The van der Waals surface area contributed by atoms with E-state index >= 15 is 0 Å². The molecule has 0 heterocycles. The molecule has 2 aromatic carbocycles. The molecule has 0 bridgehead atoms. The van der Waals surface area contributed by atoms with Gasteiger partial charge >= 0.3 is 0 Å². The summed E-state index contributed by atoms with van der Waals surface area (Å²) < 4.78 is 5.38. The Hall–Kier alpha value is -2.82. The number of benzene rings is 2. The number of methoxy groups -OCH3 is 1. The van der Waals surface area contributed by atoms with E-state index in [2.05, 4.69) is 16.7 Å². The summed E-state index contributed by atoms with van der Waals surface area (Å²) in [6, 6.07) is 14.3. The number of aryl methyl sites for hydroxylation is 1. The Labute approximate surface area is 161 Å². The van der Waals surface area contributed by atoms with Crippen molar-refractivity contribution in [1.29, 1.82) is 0 Å². The highest BCUT2D eigenvalue weighted by atomic mass is 16.5. The standard InChI is InChI=1S/C22H28N2O3/c1-15(2)20(24-21(25)17-8-6-5-7-9-17)22(26)23-13-12-18-14-16(3)10-11-19(18)27-4/h5-11,14-15,20H,12-13H2,1-4H3,(H,23,26)(H,24,25)/t20-/m0/s1. The van der Waals surface area contributed by atoms with Crippen molar-refractivity contribution < 1.29 is 14.3 Å². The predicted molar refractivity (Wildman–Crippen MR) is 107 cm³/mol. The summed E-state index contributed by atoms with van der Waals surface area (Å²) >= 11 is 0. The first-order chi connectivity index (χ1) is 12.9. The van der Waals surface area contributed by atoms with Gasteiger partial charge in [0.2, 0.25) is 5.91 Å². The maximum atomic E-state index is 12.6. The van der Waals surface area contributed by atoms with Gasteiger partial charge in [-0.25, -0.2) is 0 Å². The first kappa shape index (κ1) is 20.5. The van der Waals surface area contributed by atoms with E-state index in [0.29, 0.717) is 18.5 Å². The number of carbonyl (C=O) groups is 2. The number of hydrogen-bond donors (Lipinski definition) is 2. The average molecular weight is 368 g/mol. The fourth-order valence-corrected chi connectivity index (χ4v) is 2.88. The van der Waals surface area contributed by atoms with Crippen LogP contribution in [0.4, 0.5) is 0 Å². The van der Waals surface area contributed by atoms with E-state index in [1.54, 1.807) is 31.4 Å². The minimum absolute atomic E-state index is 0.0221. The molecule has 5 heteroatoms. The third kappa shape index (κ3) is 5.84. The van der Waals surface area contributed by atoms with Gasteiger partial charge in [0.05, 0.1) is 7.11 Å². The van der Waals surface area contributed by atoms with Crippen molar-refractivity contribution in [1.82, 2.24) is 10.6 Å². The van der Waals surface area contributed by atoms with Crippen LogP contribution in [0.3, 0.4) is 0 Å². The topological polar surface area (TPSA) is 67.4 Å². The number of ether oxygens (including phenoxy) is 1. The van der Waals surface area contributed by atoms with Crippen molar-refractivity contribution in [3.8, 4) is 5.75 Å². The van der Waals surface area contributed by atoms with Crippen LogP contribution in [0.15, 0.2) is 48.5 Å². The van der Waals surface area contributed by atoms with E-state index in [1.807, 2.05) is 39.0 Å². The Morgan fingerprint density at radius 3 is 2.41 bits per heavy atom. The molecular weight excluding hydrogens is 340 g/mol. The summed E-state index contributed by atoms with van der Waals surface area (Å²) in [5.41, 5.74) is 2.74. The van der Waals surface area contributed by atoms with Crippen LogP contribution >= 0.6 is 0 Å². The lowest BCUT2D eigenvalue weighted by molar-refractivity contribution is -0.123. The van der Waals surface area contributed by atoms with Crippen molar-refractivity contribution >= 4 is 11.8 Å². The maximum absolute atomic E-state index is 12.6. The van der Waals surface area contributed by atoms with Gasteiger partial charge in [-0.2, -0.15) is 0 Å². The SMILES string of the molecule is COc1ccc(C)cc1CCNC(=O)[C@@H](NC(=O)c1ccccc1)C(C)C. The second kappa shape index (κ2) is 9.76. The highest BCUT2D eigenvalue weighted by molar-refractivity contribution is 5.97. The molecule has 0 radical (unpaired) electrons. The van der Waals surface area contributed by atoms with E-state index in [9.17, 15) is 9.59 Å². The molecule has 0 aliphatic heterocycles. The van der Waals surface area contributed by atoms with Crippen molar-refractivity contribution in [2.24, 2.45) is 5.92 Å². The summed E-state index contributed by atoms with van der Waals surface area (Å²) in [5.74, 6) is 0.365. The van der Waals surface area contributed by atoms with E-state index in [0.717, 1.165) is 16.9 Å². The van der Waals surface area contributed by atoms with Gasteiger partial charge in [-0.05, 0) is 43.0 Å². The predicted octanol–water partition coefficient (Wildman–Crippen LogP) is 3.12. The van der Waals surface area contributed by atoms with E-state index in [-0.39, 0.29) is 17.7 Å².